The lowest BCUT2D eigenvalue weighted by molar-refractivity contribution is 0.226. The van der Waals surface area contributed by atoms with Crippen molar-refractivity contribution in [2.45, 2.75) is 39.7 Å². The number of aromatic nitrogens is 2. The fourth-order valence-electron chi connectivity index (χ4n) is 1.52. The lowest BCUT2D eigenvalue weighted by Crippen LogP contribution is -2.27. The number of anilines is 1. The summed E-state index contributed by atoms with van der Waals surface area (Å²) in [6.07, 6.45) is 1.45. The minimum Gasteiger partial charge on any atom is -0.396 e. The van der Waals surface area contributed by atoms with E-state index in [4.69, 9.17) is 16.7 Å². The molecular weight excluding hydrogens is 238 g/mol. The molecule has 17 heavy (non-hydrogen) atoms. The standard InChI is InChI=1S/C12H20ClN3O/c1-7(2)10-11(13)14-6-15-12(10)16-9(4)8(3)5-17/h6-9,17H,5H2,1-4H3,(H,14,15,16). The zero-order valence-electron chi connectivity index (χ0n) is 10.7. The first kappa shape index (κ1) is 14.2. The Morgan fingerprint density at radius 1 is 1.29 bits per heavy atom. The molecule has 96 valence electrons. The maximum atomic E-state index is 9.12. The third kappa shape index (κ3) is 3.54. The van der Waals surface area contributed by atoms with Gasteiger partial charge in [0.05, 0.1) is 0 Å². The van der Waals surface area contributed by atoms with Gasteiger partial charge in [-0.3, -0.25) is 0 Å². The van der Waals surface area contributed by atoms with Crippen LogP contribution in [0.1, 0.15) is 39.2 Å². The molecule has 0 aliphatic rings. The molecule has 0 aliphatic heterocycles. The molecule has 1 heterocycles. The lowest BCUT2D eigenvalue weighted by atomic mass is 10.0. The number of nitrogens with one attached hydrogen (secondary N) is 1. The summed E-state index contributed by atoms with van der Waals surface area (Å²) < 4.78 is 0. The average molecular weight is 258 g/mol. The van der Waals surface area contributed by atoms with Crippen molar-refractivity contribution in [3.8, 4) is 0 Å². The quantitative estimate of drug-likeness (QED) is 0.797. The number of hydrogen-bond donors (Lipinski definition) is 2. The average Bonchev–Trinajstić information content (AvgIpc) is 2.27. The van der Waals surface area contributed by atoms with Crippen molar-refractivity contribution in [3.05, 3.63) is 17.0 Å². The van der Waals surface area contributed by atoms with Gasteiger partial charge in [-0.25, -0.2) is 9.97 Å². The number of hydrogen-bond acceptors (Lipinski definition) is 4. The monoisotopic (exact) mass is 257 g/mol. The summed E-state index contributed by atoms with van der Waals surface area (Å²) in [6, 6.07) is 0.128. The van der Waals surface area contributed by atoms with Crippen LogP contribution in [0.15, 0.2) is 6.33 Å². The fraction of sp³-hybridized carbons (Fsp3) is 0.667. The van der Waals surface area contributed by atoms with Crippen LogP contribution in [0.4, 0.5) is 5.82 Å². The van der Waals surface area contributed by atoms with E-state index in [1.165, 1.54) is 6.33 Å². The zero-order chi connectivity index (χ0) is 13.0. The van der Waals surface area contributed by atoms with Gasteiger partial charge in [0.2, 0.25) is 0 Å². The van der Waals surface area contributed by atoms with Crippen LogP contribution in [0.5, 0.6) is 0 Å². The Kier molecular flexibility index (Phi) is 5.15. The van der Waals surface area contributed by atoms with Gasteiger partial charge in [-0.15, -0.1) is 0 Å². The largest absolute Gasteiger partial charge is 0.396 e. The van der Waals surface area contributed by atoms with Crippen LogP contribution in [0.2, 0.25) is 5.15 Å². The molecule has 0 aliphatic carbocycles. The molecule has 1 rings (SSSR count). The second-order valence-electron chi connectivity index (χ2n) is 4.67. The molecule has 0 radical (unpaired) electrons. The highest BCUT2D eigenvalue weighted by molar-refractivity contribution is 6.30. The minimum absolute atomic E-state index is 0.128. The summed E-state index contributed by atoms with van der Waals surface area (Å²) in [4.78, 5) is 8.23. The molecule has 0 fully saturated rings. The van der Waals surface area contributed by atoms with E-state index in [0.717, 1.165) is 11.4 Å². The third-order valence-electron chi connectivity index (χ3n) is 2.92. The molecule has 0 saturated heterocycles. The molecule has 5 heteroatoms. The Labute approximate surface area is 107 Å². The lowest BCUT2D eigenvalue weighted by Gasteiger charge is -2.22. The second-order valence-corrected chi connectivity index (χ2v) is 5.03. The Morgan fingerprint density at radius 2 is 1.94 bits per heavy atom. The van der Waals surface area contributed by atoms with Crippen molar-refractivity contribution in [3.63, 3.8) is 0 Å². The Hall–Kier alpha value is -0.870. The first-order chi connectivity index (χ1) is 7.97. The number of halogens is 1. The maximum Gasteiger partial charge on any atom is 0.138 e. The Bertz CT molecular complexity index is 371. The molecule has 2 unspecified atom stereocenters. The van der Waals surface area contributed by atoms with Crippen LogP contribution < -0.4 is 5.32 Å². The van der Waals surface area contributed by atoms with Crippen molar-refractivity contribution in [2.24, 2.45) is 5.92 Å². The van der Waals surface area contributed by atoms with Gasteiger partial charge in [0.15, 0.2) is 0 Å². The van der Waals surface area contributed by atoms with Crippen molar-refractivity contribution in [1.82, 2.24) is 9.97 Å². The molecule has 0 aromatic carbocycles. The van der Waals surface area contributed by atoms with Crippen LogP contribution in [0.3, 0.4) is 0 Å². The molecule has 0 amide bonds. The van der Waals surface area contributed by atoms with E-state index in [1.807, 2.05) is 13.8 Å². The number of nitrogens with zero attached hydrogens (tertiary/aromatic N) is 2. The van der Waals surface area contributed by atoms with Crippen LogP contribution in [0.25, 0.3) is 0 Å². The molecule has 1 aromatic rings. The molecule has 0 spiro atoms. The van der Waals surface area contributed by atoms with E-state index in [2.05, 4.69) is 29.1 Å². The van der Waals surface area contributed by atoms with Crippen LogP contribution in [-0.2, 0) is 0 Å². The fourth-order valence-corrected chi connectivity index (χ4v) is 1.87. The number of aliphatic hydroxyl groups excluding tert-OH is 1. The first-order valence-corrected chi connectivity index (χ1v) is 6.23. The summed E-state index contributed by atoms with van der Waals surface area (Å²) in [7, 11) is 0. The molecule has 4 nitrogen and oxygen atoms in total. The normalized spacial score (nSPS) is 14.8. The topological polar surface area (TPSA) is 58.0 Å². The minimum atomic E-state index is 0.128. The number of rotatable bonds is 5. The summed E-state index contributed by atoms with van der Waals surface area (Å²) in [6.45, 7) is 8.24. The molecule has 2 N–H and O–H groups in total. The highest BCUT2D eigenvalue weighted by Gasteiger charge is 2.17. The first-order valence-electron chi connectivity index (χ1n) is 5.85. The van der Waals surface area contributed by atoms with E-state index in [-0.39, 0.29) is 24.5 Å². The summed E-state index contributed by atoms with van der Waals surface area (Å²) in [5.74, 6) is 1.17. The highest BCUT2D eigenvalue weighted by Crippen LogP contribution is 2.28. The van der Waals surface area contributed by atoms with Crippen molar-refractivity contribution in [2.75, 3.05) is 11.9 Å². The Balaban J connectivity index is 2.94. The van der Waals surface area contributed by atoms with Gasteiger partial charge < -0.3 is 10.4 Å². The van der Waals surface area contributed by atoms with Gasteiger partial charge in [-0.05, 0) is 18.8 Å². The van der Waals surface area contributed by atoms with E-state index < -0.39 is 0 Å². The van der Waals surface area contributed by atoms with Gasteiger partial charge in [-0.1, -0.05) is 32.4 Å². The van der Waals surface area contributed by atoms with Crippen molar-refractivity contribution in [1.29, 1.82) is 0 Å². The second kappa shape index (κ2) is 6.17. The molecule has 0 saturated carbocycles. The third-order valence-corrected chi connectivity index (χ3v) is 3.22. The zero-order valence-corrected chi connectivity index (χ0v) is 11.5. The predicted octanol–water partition coefficient (Wildman–Crippen LogP) is 2.68. The predicted molar refractivity (Wildman–Crippen MR) is 70.5 cm³/mol. The van der Waals surface area contributed by atoms with E-state index >= 15 is 0 Å². The van der Waals surface area contributed by atoms with Crippen LogP contribution in [0, 0.1) is 5.92 Å². The maximum absolute atomic E-state index is 9.12. The summed E-state index contributed by atoms with van der Waals surface area (Å²) in [5.41, 5.74) is 0.922. The van der Waals surface area contributed by atoms with Gasteiger partial charge >= 0.3 is 0 Å². The van der Waals surface area contributed by atoms with Crippen LogP contribution in [-0.4, -0.2) is 27.7 Å². The Morgan fingerprint density at radius 3 is 2.47 bits per heavy atom. The van der Waals surface area contributed by atoms with Gasteiger partial charge in [0.25, 0.3) is 0 Å². The van der Waals surface area contributed by atoms with Gasteiger partial charge in [-0.2, -0.15) is 0 Å². The SMILES string of the molecule is CC(C)c1c(Cl)ncnc1NC(C)C(C)CO. The molecule has 1 aromatic heterocycles. The summed E-state index contributed by atoms with van der Waals surface area (Å²) >= 11 is 6.08. The van der Waals surface area contributed by atoms with Gasteiger partial charge in [0.1, 0.15) is 17.3 Å². The van der Waals surface area contributed by atoms with Crippen molar-refractivity contribution >= 4 is 17.4 Å². The van der Waals surface area contributed by atoms with Gasteiger partial charge in [0, 0.05) is 18.2 Å². The van der Waals surface area contributed by atoms with Crippen LogP contribution >= 0.6 is 11.6 Å². The van der Waals surface area contributed by atoms with E-state index in [9.17, 15) is 0 Å². The number of aliphatic hydroxyl groups is 1. The summed E-state index contributed by atoms with van der Waals surface area (Å²) in [5, 5.41) is 12.9. The molecule has 2 atom stereocenters. The molecule has 0 bridgehead atoms. The van der Waals surface area contributed by atoms with E-state index in [1.54, 1.807) is 0 Å². The molecular formula is C12H20ClN3O. The van der Waals surface area contributed by atoms with Crippen molar-refractivity contribution < 1.29 is 5.11 Å². The highest BCUT2D eigenvalue weighted by atomic mass is 35.5. The van der Waals surface area contributed by atoms with E-state index in [0.29, 0.717) is 5.15 Å². The smallest absolute Gasteiger partial charge is 0.138 e.